The summed E-state index contributed by atoms with van der Waals surface area (Å²) in [5, 5.41) is 12.8. The Kier molecular flexibility index (Phi) is 6.71. The Bertz CT molecular complexity index is 1480. The van der Waals surface area contributed by atoms with E-state index in [1.54, 1.807) is 30.3 Å². The van der Waals surface area contributed by atoms with Crippen molar-refractivity contribution < 1.29 is 13.2 Å². The van der Waals surface area contributed by atoms with Gasteiger partial charge >= 0.3 is 0 Å². The summed E-state index contributed by atoms with van der Waals surface area (Å²) >= 11 is 0. The Labute approximate surface area is 198 Å². The summed E-state index contributed by atoms with van der Waals surface area (Å²) < 4.78 is 26.0. The zero-order chi connectivity index (χ0) is 24.1. The molecule has 6 nitrogen and oxygen atoms in total. The van der Waals surface area contributed by atoms with E-state index < -0.39 is 15.9 Å². The molecule has 3 aromatic carbocycles. The van der Waals surface area contributed by atoms with Crippen LogP contribution in [0.25, 0.3) is 22.2 Å². The van der Waals surface area contributed by atoms with Crippen molar-refractivity contribution >= 4 is 26.6 Å². The monoisotopic (exact) mass is 469 g/mol. The number of fused-ring (bicyclic) bond motifs is 1. The minimum atomic E-state index is -3.74. The largest absolute Gasteiger partial charge is 0.348 e. The van der Waals surface area contributed by atoms with Crippen LogP contribution < -0.4 is 5.32 Å². The highest BCUT2D eigenvalue weighted by Gasteiger charge is 2.26. The summed E-state index contributed by atoms with van der Waals surface area (Å²) in [6.07, 6.45) is 1.07. The molecule has 4 aromatic rings. The number of hydrogen-bond acceptors (Lipinski definition) is 5. The molecule has 0 radical (unpaired) electrons. The molecule has 1 amide bonds. The Morgan fingerprint density at radius 1 is 0.971 bits per heavy atom. The first-order valence-corrected chi connectivity index (χ1v) is 12.7. The van der Waals surface area contributed by atoms with Gasteiger partial charge in [-0.05, 0) is 17.2 Å². The molecule has 1 N–H and O–H groups in total. The predicted octanol–water partition coefficient (Wildman–Crippen LogP) is 4.62. The second-order valence-corrected chi connectivity index (χ2v) is 9.95. The Morgan fingerprint density at radius 2 is 1.59 bits per heavy atom. The van der Waals surface area contributed by atoms with Crippen LogP contribution in [0.3, 0.4) is 0 Å². The van der Waals surface area contributed by atoms with E-state index in [-0.39, 0.29) is 23.6 Å². The van der Waals surface area contributed by atoms with Crippen LogP contribution in [0.2, 0.25) is 0 Å². The number of amides is 1. The highest BCUT2D eigenvalue weighted by atomic mass is 32.2. The first-order chi connectivity index (χ1) is 16.4. The molecule has 0 bridgehead atoms. The van der Waals surface area contributed by atoms with Crippen LogP contribution in [0.4, 0.5) is 0 Å². The number of nitrogens with one attached hydrogen (secondary N) is 1. The molecule has 0 saturated heterocycles. The van der Waals surface area contributed by atoms with E-state index in [1.807, 2.05) is 54.6 Å². The van der Waals surface area contributed by atoms with Gasteiger partial charge < -0.3 is 5.32 Å². The zero-order valence-corrected chi connectivity index (χ0v) is 19.4. The highest BCUT2D eigenvalue weighted by molar-refractivity contribution is 7.91. The third-order valence-corrected chi connectivity index (χ3v) is 6.72. The van der Waals surface area contributed by atoms with Gasteiger partial charge in [0.2, 0.25) is 5.91 Å². The number of nitriles is 1. The lowest BCUT2D eigenvalue weighted by molar-refractivity contribution is -0.121. The number of nitrogens with zero attached hydrogens (tertiary/aromatic N) is 2. The molecule has 0 spiro atoms. The third kappa shape index (κ3) is 4.98. The van der Waals surface area contributed by atoms with Crippen LogP contribution >= 0.6 is 0 Å². The molecular weight excluding hydrogens is 446 g/mol. The molecule has 7 heteroatoms. The molecule has 0 aliphatic heterocycles. The van der Waals surface area contributed by atoms with E-state index in [9.17, 15) is 18.5 Å². The summed E-state index contributed by atoms with van der Waals surface area (Å²) in [4.78, 5) is 17.9. The van der Waals surface area contributed by atoms with E-state index in [2.05, 4.69) is 16.4 Å². The summed E-state index contributed by atoms with van der Waals surface area (Å²) in [7, 11) is -3.74. The van der Waals surface area contributed by atoms with Gasteiger partial charge in [-0.15, -0.1) is 0 Å². The topological polar surface area (TPSA) is 99.9 Å². The van der Waals surface area contributed by atoms with Crippen molar-refractivity contribution in [2.45, 2.75) is 23.8 Å². The molecule has 0 aliphatic carbocycles. The number of sulfone groups is 1. The van der Waals surface area contributed by atoms with Gasteiger partial charge in [0.05, 0.1) is 41.1 Å². The number of carbonyl (C=O) groups excluding carboxylic acids is 1. The number of para-hydroxylation sites is 1. The molecule has 0 aliphatic rings. The molecule has 0 fully saturated rings. The lowest BCUT2D eigenvalue weighted by Gasteiger charge is -2.19. The average Bonchev–Trinajstić information content (AvgIpc) is 2.84. The first kappa shape index (κ1) is 23.1. The average molecular weight is 470 g/mol. The van der Waals surface area contributed by atoms with Crippen LogP contribution in [-0.4, -0.2) is 25.6 Å². The van der Waals surface area contributed by atoms with E-state index >= 15 is 0 Å². The molecule has 4 rings (SSSR count). The lowest BCUT2D eigenvalue weighted by Crippen LogP contribution is -2.30. The molecular formula is C27H23N3O3S. The fourth-order valence-electron chi connectivity index (χ4n) is 4.06. The first-order valence-electron chi connectivity index (χ1n) is 10.8. The summed E-state index contributed by atoms with van der Waals surface area (Å²) in [5.41, 5.74) is 2.79. The van der Waals surface area contributed by atoms with Crippen LogP contribution in [0.1, 0.15) is 23.6 Å². The number of rotatable bonds is 7. The number of pyridine rings is 1. The second kappa shape index (κ2) is 9.86. The van der Waals surface area contributed by atoms with Crippen molar-refractivity contribution in [1.82, 2.24) is 10.3 Å². The smallest absolute Gasteiger partial charge is 0.225 e. The molecule has 1 heterocycles. The minimum absolute atomic E-state index is 0.0455. The van der Waals surface area contributed by atoms with Crippen molar-refractivity contribution in [3.8, 4) is 17.3 Å². The SMILES string of the molecule is CS(=O)(=O)c1c(-c2ccccc2)nc2ccccc2c1CC(=O)NC(CC#N)c1ccccc1. The van der Waals surface area contributed by atoms with E-state index in [4.69, 9.17) is 0 Å². The van der Waals surface area contributed by atoms with Crippen molar-refractivity contribution in [2.24, 2.45) is 0 Å². The van der Waals surface area contributed by atoms with Gasteiger partial charge in [-0.2, -0.15) is 5.26 Å². The maximum absolute atomic E-state index is 13.2. The normalized spacial score (nSPS) is 12.1. The van der Waals surface area contributed by atoms with Crippen molar-refractivity contribution in [3.05, 3.63) is 96.1 Å². The van der Waals surface area contributed by atoms with E-state index in [0.29, 0.717) is 27.7 Å². The molecule has 170 valence electrons. The summed E-state index contributed by atoms with van der Waals surface area (Å²) in [6, 6.07) is 27.1. The fourth-order valence-corrected chi connectivity index (χ4v) is 5.21. The Balaban J connectivity index is 1.83. The van der Waals surface area contributed by atoms with Crippen molar-refractivity contribution in [1.29, 1.82) is 5.26 Å². The number of benzene rings is 3. The second-order valence-electron chi connectivity index (χ2n) is 7.99. The number of aromatic nitrogens is 1. The molecule has 1 atom stereocenters. The molecule has 34 heavy (non-hydrogen) atoms. The Morgan fingerprint density at radius 3 is 2.24 bits per heavy atom. The fraction of sp³-hybridized carbons (Fsp3) is 0.148. The van der Waals surface area contributed by atoms with Crippen LogP contribution in [-0.2, 0) is 21.1 Å². The number of carbonyl (C=O) groups is 1. The summed E-state index contributed by atoms with van der Waals surface area (Å²) in [5.74, 6) is -0.371. The maximum Gasteiger partial charge on any atom is 0.225 e. The highest BCUT2D eigenvalue weighted by Crippen LogP contribution is 2.34. The minimum Gasteiger partial charge on any atom is -0.348 e. The van der Waals surface area contributed by atoms with Crippen LogP contribution in [0, 0.1) is 11.3 Å². The van der Waals surface area contributed by atoms with E-state index in [1.165, 1.54) is 0 Å². The van der Waals surface area contributed by atoms with Gasteiger partial charge in [-0.3, -0.25) is 4.79 Å². The van der Waals surface area contributed by atoms with Gasteiger partial charge in [0.25, 0.3) is 0 Å². The quantitative estimate of drug-likeness (QED) is 0.426. The van der Waals surface area contributed by atoms with Gasteiger partial charge in [-0.25, -0.2) is 13.4 Å². The van der Waals surface area contributed by atoms with Crippen LogP contribution in [0.5, 0.6) is 0 Å². The van der Waals surface area contributed by atoms with Gasteiger partial charge in [0, 0.05) is 17.2 Å². The molecule has 1 unspecified atom stereocenters. The van der Waals surface area contributed by atoms with Crippen LogP contribution in [0.15, 0.2) is 89.8 Å². The molecule has 0 saturated carbocycles. The standard InChI is InChI=1S/C27H23N3O3S/c1-34(32,33)27-22(18-25(31)29-23(16-17-28)19-10-4-2-5-11-19)21-14-8-9-15-24(21)30-26(27)20-12-6-3-7-13-20/h2-15,23H,16,18H2,1H3,(H,29,31). The Hall–Kier alpha value is -4.02. The number of hydrogen-bond donors (Lipinski definition) is 1. The van der Waals surface area contributed by atoms with Crippen molar-refractivity contribution in [3.63, 3.8) is 0 Å². The lowest BCUT2D eigenvalue weighted by atomic mass is 10.00. The molecule has 1 aromatic heterocycles. The summed E-state index contributed by atoms with van der Waals surface area (Å²) in [6.45, 7) is 0. The predicted molar refractivity (Wildman–Crippen MR) is 132 cm³/mol. The van der Waals surface area contributed by atoms with E-state index in [0.717, 1.165) is 11.8 Å². The van der Waals surface area contributed by atoms with Gasteiger partial charge in [-0.1, -0.05) is 78.9 Å². The van der Waals surface area contributed by atoms with Gasteiger partial charge in [0.1, 0.15) is 0 Å². The maximum atomic E-state index is 13.2. The van der Waals surface area contributed by atoms with Gasteiger partial charge in [0.15, 0.2) is 9.84 Å². The van der Waals surface area contributed by atoms with Crippen molar-refractivity contribution in [2.75, 3.05) is 6.26 Å². The third-order valence-electron chi connectivity index (χ3n) is 5.54. The zero-order valence-electron chi connectivity index (χ0n) is 18.6.